The van der Waals surface area contributed by atoms with Crippen LogP contribution in [0, 0.1) is 0 Å². The van der Waals surface area contributed by atoms with Crippen molar-refractivity contribution in [3.8, 4) is 17.2 Å². The van der Waals surface area contributed by atoms with Gasteiger partial charge in [-0.3, -0.25) is 0 Å². The first kappa shape index (κ1) is 18.3. The molecule has 0 bridgehead atoms. The Morgan fingerprint density at radius 3 is 2.00 bits per heavy atom. The van der Waals surface area contributed by atoms with Crippen molar-refractivity contribution in [2.45, 2.75) is 19.8 Å². The molecule has 0 N–H and O–H groups in total. The summed E-state index contributed by atoms with van der Waals surface area (Å²) in [7, 11) is 1.56. The number of hydrogen-bond acceptors (Lipinski definition) is 6. The minimum Gasteiger partial charge on any atom is -0.497 e. The lowest BCUT2D eigenvalue weighted by Gasteiger charge is -2.07. The Morgan fingerprint density at radius 2 is 1.40 bits per heavy atom. The molecule has 0 radical (unpaired) electrons. The lowest BCUT2D eigenvalue weighted by Crippen LogP contribution is -2.12. The van der Waals surface area contributed by atoms with Gasteiger partial charge in [0.05, 0.1) is 19.3 Å². The highest BCUT2D eigenvalue weighted by atomic mass is 16.7. The average molecular weight is 344 g/mol. The van der Waals surface area contributed by atoms with Crippen LogP contribution in [-0.4, -0.2) is 25.8 Å². The SMILES string of the molecule is CCCCOC(=O)Oc1ccc(C(=O)Oc2ccc(OC)cc2)cc1. The van der Waals surface area contributed by atoms with E-state index in [2.05, 4.69) is 0 Å². The molecule has 2 aromatic carbocycles. The summed E-state index contributed by atoms with van der Waals surface area (Å²) < 4.78 is 20.2. The highest BCUT2D eigenvalue weighted by molar-refractivity contribution is 5.91. The van der Waals surface area contributed by atoms with Crippen molar-refractivity contribution in [1.82, 2.24) is 0 Å². The molecule has 0 aliphatic heterocycles. The van der Waals surface area contributed by atoms with Crippen molar-refractivity contribution < 1.29 is 28.5 Å². The highest BCUT2D eigenvalue weighted by Crippen LogP contribution is 2.19. The standard InChI is InChI=1S/C19H20O6/c1-3-4-13-23-19(21)25-17-7-5-14(6-8-17)18(20)24-16-11-9-15(22-2)10-12-16/h5-12H,3-4,13H2,1-2H3. The summed E-state index contributed by atoms with van der Waals surface area (Å²) in [5.74, 6) is 0.863. The summed E-state index contributed by atoms with van der Waals surface area (Å²) in [5, 5.41) is 0. The molecule has 0 spiro atoms. The summed E-state index contributed by atoms with van der Waals surface area (Å²) >= 11 is 0. The van der Waals surface area contributed by atoms with Gasteiger partial charge in [0.25, 0.3) is 0 Å². The molecule has 0 heterocycles. The Morgan fingerprint density at radius 1 is 0.840 bits per heavy atom. The number of esters is 1. The van der Waals surface area contributed by atoms with Crippen molar-refractivity contribution in [1.29, 1.82) is 0 Å². The molecule has 0 atom stereocenters. The molecule has 0 aliphatic rings. The van der Waals surface area contributed by atoms with Crippen LogP contribution in [-0.2, 0) is 4.74 Å². The van der Waals surface area contributed by atoms with E-state index in [9.17, 15) is 9.59 Å². The first-order valence-electron chi connectivity index (χ1n) is 7.93. The van der Waals surface area contributed by atoms with E-state index in [1.54, 1.807) is 31.4 Å². The average Bonchev–Trinajstić information content (AvgIpc) is 2.63. The van der Waals surface area contributed by atoms with Crippen LogP contribution in [0.15, 0.2) is 48.5 Å². The number of carbonyl (C=O) groups excluding carboxylic acids is 2. The van der Waals surface area contributed by atoms with Crippen LogP contribution in [0.3, 0.4) is 0 Å². The van der Waals surface area contributed by atoms with Crippen LogP contribution in [0.1, 0.15) is 30.1 Å². The van der Waals surface area contributed by atoms with Gasteiger partial charge in [0, 0.05) is 0 Å². The molecule has 0 saturated heterocycles. The summed E-state index contributed by atoms with van der Waals surface area (Å²) in [5.41, 5.74) is 0.336. The smallest absolute Gasteiger partial charge is 0.497 e. The molecule has 25 heavy (non-hydrogen) atoms. The first-order chi connectivity index (χ1) is 12.1. The van der Waals surface area contributed by atoms with Crippen molar-refractivity contribution in [3.05, 3.63) is 54.1 Å². The Bertz CT molecular complexity index is 691. The number of carbonyl (C=O) groups is 2. The van der Waals surface area contributed by atoms with E-state index in [4.69, 9.17) is 18.9 Å². The van der Waals surface area contributed by atoms with Crippen LogP contribution < -0.4 is 14.2 Å². The third-order valence-electron chi connectivity index (χ3n) is 3.28. The third kappa shape index (κ3) is 5.84. The van der Waals surface area contributed by atoms with E-state index in [-0.39, 0.29) is 0 Å². The fraction of sp³-hybridized carbons (Fsp3) is 0.263. The minimum atomic E-state index is -0.762. The topological polar surface area (TPSA) is 71.1 Å². The van der Waals surface area contributed by atoms with Crippen LogP contribution in [0.4, 0.5) is 4.79 Å². The predicted molar refractivity (Wildman–Crippen MR) is 91.3 cm³/mol. The highest BCUT2D eigenvalue weighted by Gasteiger charge is 2.11. The Labute approximate surface area is 146 Å². The maximum atomic E-state index is 12.1. The van der Waals surface area contributed by atoms with Gasteiger partial charge in [-0.05, 0) is 55.0 Å². The maximum Gasteiger partial charge on any atom is 0.513 e. The molecule has 0 fully saturated rings. The molecule has 132 valence electrons. The van der Waals surface area contributed by atoms with Gasteiger partial charge >= 0.3 is 12.1 Å². The molecule has 0 aliphatic carbocycles. The largest absolute Gasteiger partial charge is 0.513 e. The maximum absolute atomic E-state index is 12.1. The van der Waals surface area contributed by atoms with E-state index in [1.807, 2.05) is 6.92 Å². The summed E-state index contributed by atoms with van der Waals surface area (Å²) in [6, 6.07) is 12.7. The Kier molecular flexibility index (Phi) is 6.83. The number of hydrogen-bond donors (Lipinski definition) is 0. The molecule has 0 unspecified atom stereocenters. The van der Waals surface area contributed by atoms with Crippen LogP contribution in [0.25, 0.3) is 0 Å². The summed E-state index contributed by atoms with van der Waals surface area (Å²) in [4.78, 5) is 23.5. The molecule has 0 amide bonds. The van der Waals surface area contributed by atoms with Crippen LogP contribution in [0.2, 0.25) is 0 Å². The first-order valence-corrected chi connectivity index (χ1v) is 7.93. The van der Waals surface area contributed by atoms with Gasteiger partial charge in [0.2, 0.25) is 0 Å². The lowest BCUT2D eigenvalue weighted by atomic mass is 10.2. The van der Waals surface area contributed by atoms with Crippen LogP contribution >= 0.6 is 0 Å². The summed E-state index contributed by atoms with van der Waals surface area (Å²) in [6.45, 7) is 2.32. The second-order valence-electron chi connectivity index (χ2n) is 5.14. The van der Waals surface area contributed by atoms with Gasteiger partial charge in [-0.25, -0.2) is 9.59 Å². The molecule has 0 saturated carbocycles. The van der Waals surface area contributed by atoms with Crippen molar-refractivity contribution in [3.63, 3.8) is 0 Å². The predicted octanol–water partition coefficient (Wildman–Crippen LogP) is 4.23. The zero-order valence-corrected chi connectivity index (χ0v) is 14.2. The number of benzene rings is 2. The van der Waals surface area contributed by atoms with Crippen molar-refractivity contribution >= 4 is 12.1 Å². The number of methoxy groups -OCH3 is 1. The molecule has 0 aromatic heterocycles. The molecule has 2 aromatic rings. The molecule has 6 heteroatoms. The fourth-order valence-corrected chi connectivity index (χ4v) is 1.89. The van der Waals surface area contributed by atoms with E-state index in [0.29, 0.717) is 29.4 Å². The molecule has 2 rings (SSSR count). The Hall–Kier alpha value is -3.02. The third-order valence-corrected chi connectivity index (χ3v) is 3.28. The van der Waals surface area contributed by atoms with E-state index in [0.717, 1.165) is 12.8 Å². The fourth-order valence-electron chi connectivity index (χ4n) is 1.89. The van der Waals surface area contributed by atoms with Gasteiger partial charge in [-0.15, -0.1) is 0 Å². The number of rotatable bonds is 7. The van der Waals surface area contributed by atoms with E-state index < -0.39 is 12.1 Å². The molecular formula is C19H20O6. The summed E-state index contributed by atoms with van der Waals surface area (Å²) in [6.07, 6.45) is 0.950. The van der Waals surface area contributed by atoms with Gasteiger partial charge in [0.1, 0.15) is 17.2 Å². The van der Waals surface area contributed by atoms with Crippen molar-refractivity contribution in [2.24, 2.45) is 0 Å². The molecular weight excluding hydrogens is 324 g/mol. The quantitative estimate of drug-likeness (QED) is 0.324. The normalized spacial score (nSPS) is 10.0. The molecule has 6 nitrogen and oxygen atoms in total. The zero-order chi connectivity index (χ0) is 18.1. The van der Waals surface area contributed by atoms with Gasteiger partial charge in [-0.2, -0.15) is 0 Å². The van der Waals surface area contributed by atoms with Gasteiger partial charge in [0.15, 0.2) is 0 Å². The van der Waals surface area contributed by atoms with Gasteiger partial charge < -0.3 is 18.9 Å². The van der Waals surface area contributed by atoms with Crippen molar-refractivity contribution in [2.75, 3.05) is 13.7 Å². The minimum absolute atomic E-state index is 0.294. The second kappa shape index (κ2) is 9.32. The van der Waals surface area contributed by atoms with Gasteiger partial charge in [-0.1, -0.05) is 13.3 Å². The number of unbranched alkanes of at least 4 members (excludes halogenated alkanes) is 1. The monoisotopic (exact) mass is 344 g/mol. The zero-order valence-electron chi connectivity index (χ0n) is 14.2. The Balaban J connectivity index is 1.89. The second-order valence-corrected chi connectivity index (χ2v) is 5.14. The lowest BCUT2D eigenvalue weighted by molar-refractivity contribution is 0.0734. The van der Waals surface area contributed by atoms with E-state index in [1.165, 1.54) is 24.3 Å². The van der Waals surface area contributed by atoms with E-state index >= 15 is 0 Å². The van der Waals surface area contributed by atoms with Crippen LogP contribution in [0.5, 0.6) is 17.2 Å². The number of ether oxygens (including phenoxy) is 4.